The summed E-state index contributed by atoms with van der Waals surface area (Å²) >= 11 is 5.84. The van der Waals surface area contributed by atoms with E-state index in [0.29, 0.717) is 18.2 Å². The average Bonchev–Trinajstić information content (AvgIpc) is 2.55. The second kappa shape index (κ2) is 8.36. The number of ether oxygens (including phenoxy) is 1. The summed E-state index contributed by atoms with van der Waals surface area (Å²) in [4.78, 5) is 11.1. The molecule has 0 amide bonds. The Balaban J connectivity index is 2.09. The van der Waals surface area contributed by atoms with Crippen LogP contribution in [-0.4, -0.2) is 23.9 Å². The molecular weight excluding hydrogens is 328 g/mol. The summed E-state index contributed by atoms with van der Waals surface area (Å²) in [5.41, 5.74) is 4.19. The molecule has 0 saturated heterocycles. The van der Waals surface area contributed by atoms with Crippen molar-refractivity contribution in [2.45, 2.75) is 13.8 Å². The highest BCUT2D eigenvalue weighted by atomic mass is 35.5. The molecule has 0 atom stereocenters. The van der Waals surface area contributed by atoms with Crippen molar-refractivity contribution in [3.8, 4) is 5.75 Å². The molecular formula is C18H19ClN2O3. The molecule has 2 aromatic carbocycles. The third-order valence-electron chi connectivity index (χ3n) is 3.09. The van der Waals surface area contributed by atoms with Gasteiger partial charge in [-0.15, -0.1) is 0 Å². The maximum atomic E-state index is 11.1. The van der Waals surface area contributed by atoms with Crippen LogP contribution in [0.1, 0.15) is 29.8 Å². The number of nitrogens with one attached hydrogen (secondary N) is 1. The van der Waals surface area contributed by atoms with Crippen LogP contribution in [-0.2, 0) is 0 Å². The predicted octanol–water partition coefficient (Wildman–Crippen LogP) is 4.52. The highest BCUT2D eigenvalue weighted by Gasteiger charge is 2.09. The van der Waals surface area contributed by atoms with Crippen LogP contribution in [0.2, 0.25) is 5.02 Å². The number of hydrogen-bond donors (Lipinski definition) is 2. The van der Waals surface area contributed by atoms with Crippen LogP contribution in [0.3, 0.4) is 0 Å². The van der Waals surface area contributed by atoms with Crippen LogP contribution >= 0.6 is 11.6 Å². The van der Waals surface area contributed by atoms with Crippen molar-refractivity contribution >= 4 is 29.5 Å². The molecule has 6 heteroatoms. The second-order valence-electron chi connectivity index (χ2n) is 5.61. The minimum atomic E-state index is -1.08. The van der Waals surface area contributed by atoms with Crippen LogP contribution in [0.25, 0.3) is 0 Å². The Morgan fingerprint density at radius 3 is 2.79 bits per heavy atom. The number of halogens is 1. The molecule has 0 unspecified atom stereocenters. The molecule has 2 aromatic rings. The lowest BCUT2D eigenvalue weighted by atomic mass is 10.2. The molecule has 0 bridgehead atoms. The molecule has 0 aliphatic rings. The fourth-order valence-corrected chi connectivity index (χ4v) is 2.11. The lowest BCUT2D eigenvalue weighted by molar-refractivity contribution is 0.0697. The average molecular weight is 347 g/mol. The van der Waals surface area contributed by atoms with Gasteiger partial charge in [-0.05, 0) is 36.2 Å². The van der Waals surface area contributed by atoms with E-state index < -0.39 is 5.97 Å². The zero-order valence-corrected chi connectivity index (χ0v) is 14.2. The third kappa shape index (κ3) is 4.99. The van der Waals surface area contributed by atoms with Crippen LogP contribution in [0.5, 0.6) is 5.75 Å². The van der Waals surface area contributed by atoms with Gasteiger partial charge >= 0.3 is 5.97 Å². The largest absolute Gasteiger partial charge is 0.493 e. The zero-order chi connectivity index (χ0) is 17.5. The Labute approximate surface area is 145 Å². The normalized spacial score (nSPS) is 11.0. The van der Waals surface area contributed by atoms with E-state index in [1.165, 1.54) is 12.1 Å². The molecule has 2 rings (SSSR count). The van der Waals surface area contributed by atoms with Crippen molar-refractivity contribution in [3.63, 3.8) is 0 Å². The fourth-order valence-electron chi connectivity index (χ4n) is 1.91. The first kappa shape index (κ1) is 17.8. The van der Waals surface area contributed by atoms with E-state index in [1.54, 1.807) is 12.3 Å². The number of hydrogen-bond acceptors (Lipinski definition) is 4. The van der Waals surface area contributed by atoms with Crippen molar-refractivity contribution in [1.82, 2.24) is 0 Å². The summed E-state index contributed by atoms with van der Waals surface area (Å²) < 4.78 is 5.75. The molecule has 5 nitrogen and oxygen atoms in total. The van der Waals surface area contributed by atoms with Crippen LogP contribution in [0, 0.1) is 5.92 Å². The maximum absolute atomic E-state index is 11.1. The molecule has 0 saturated carbocycles. The van der Waals surface area contributed by atoms with E-state index in [4.69, 9.17) is 21.4 Å². The van der Waals surface area contributed by atoms with E-state index in [-0.39, 0.29) is 10.6 Å². The van der Waals surface area contributed by atoms with E-state index in [9.17, 15) is 4.79 Å². The molecule has 0 aliphatic carbocycles. The van der Waals surface area contributed by atoms with Crippen LogP contribution in [0.4, 0.5) is 5.69 Å². The number of rotatable bonds is 7. The Morgan fingerprint density at radius 2 is 2.08 bits per heavy atom. The standard InChI is InChI=1S/C18H19ClN2O3/c1-12(2)11-24-17-6-4-3-5-13(17)10-20-21-14-7-8-16(19)15(9-14)18(22)23/h3-10,12,21H,11H2,1-2H3,(H,22,23)/b20-10-. The van der Waals surface area contributed by atoms with Gasteiger partial charge in [-0.25, -0.2) is 4.79 Å². The molecule has 0 spiro atoms. The quantitative estimate of drug-likeness (QED) is 0.571. The van der Waals surface area contributed by atoms with Crippen molar-refractivity contribution < 1.29 is 14.6 Å². The molecule has 24 heavy (non-hydrogen) atoms. The first-order valence-electron chi connectivity index (χ1n) is 7.51. The molecule has 0 aliphatic heterocycles. The van der Waals surface area contributed by atoms with Gasteiger partial charge in [-0.1, -0.05) is 37.6 Å². The maximum Gasteiger partial charge on any atom is 0.337 e. The Hall–Kier alpha value is -2.53. The molecule has 0 radical (unpaired) electrons. The number of carbonyl (C=O) groups is 1. The van der Waals surface area contributed by atoms with Gasteiger partial charge in [0, 0.05) is 5.56 Å². The highest BCUT2D eigenvalue weighted by molar-refractivity contribution is 6.33. The zero-order valence-electron chi connectivity index (χ0n) is 13.5. The number of nitrogens with zero attached hydrogens (tertiary/aromatic N) is 1. The minimum absolute atomic E-state index is 0.0255. The number of carboxylic acid groups (broad SMARTS) is 1. The number of aromatic carboxylic acids is 1. The molecule has 0 heterocycles. The number of hydrazone groups is 1. The van der Waals surface area contributed by atoms with Crippen molar-refractivity contribution in [2.24, 2.45) is 11.0 Å². The first-order chi connectivity index (χ1) is 11.5. The van der Waals surface area contributed by atoms with Gasteiger partial charge in [0.1, 0.15) is 5.75 Å². The fraction of sp³-hybridized carbons (Fsp3) is 0.222. The van der Waals surface area contributed by atoms with Crippen LogP contribution < -0.4 is 10.2 Å². The topological polar surface area (TPSA) is 70.9 Å². The van der Waals surface area contributed by atoms with Gasteiger partial charge in [0.15, 0.2) is 0 Å². The van der Waals surface area contributed by atoms with Crippen molar-refractivity contribution in [2.75, 3.05) is 12.0 Å². The SMILES string of the molecule is CC(C)COc1ccccc1/C=N\Nc1ccc(Cl)c(C(=O)O)c1. The first-order valence-corrected chi connectivity index (χ1v) is 7.89. The monoisotopic (exact) mass is 346 g/mol. The van der Waals surface area contributed by atoms with Gasteiger partial charge in [0.2, 0.25) is 0 Å². The lowest BCUT2D eigenvalue weighted by Gasteiger charge is -2.10. The predicted molar refractivity (Wildman–Crippen MR) is 96.4 cm³/mol. The van der Waals surface area contributed by atoms with E-state index in [2.05, 4.69) is 24.4 Å². The summed E-state index contributed by atoms with van der Waals surface area (Å²) in [5, 5.41) is 13.4. The number of benzene rings is 2. The Morgan fingerprint density at radius 1 is 1.33 bits per heavy atom. The van der Waals surface area contributed by atoms with Crippen molar-refractivity contribution in [3.05, 3.63) is 58.6 Å². The van der Waals surface area contributed by atoms with Crippen molar-refractivity contribution in [1.29, 1.82) is 0 Å². The Kier molecular flexibility index (Phi) is 6.21. The van der Waals surface area contributed by atoms with Gasteiger partial charge in [-0.2, -0.15) is 5.10 Å². The van der Waals surface area contributed by atoms with Gasteiger partial charge in [0.05, 0.1) is 29.1 Å². The van der Waals surface area contributed by atoms with Gasteiger partial charge in [0.25, 0.3) is 0 Å². The number of carboxylic acids is 1. The number of para-hydroxylation sites is 1. The van der Waals surface area contributed by atoms with Crippen LogP contribution in [0.15, 0.2) is 47.6 Å². The number of anilines is 1. The summed E-state index contributed by atoms with van der Waals surface area (Å²) in [7, 11) is 0. The Bertz CT molecular complexity index is 745. The summed E-state index contributed by atoms with van der Waals surface area (Å²) in [5.74, 6) is 0.0933. The second-order valence-corrected chi connectivity index (χ2v) is 6.02. The van der Waals surface area contributed by atoms with E-state index in [0.717, 1.165) is 11.3 Å². The third-order valence-corrected chi connectivity index (χ3v) is 3.41. The lowest BCUT2D eigenvalue weighted by Crippen LogP contribution is -2.06. The summed E-state index contributed by atoms with van der Waals surface area (Å²) in [6, 6.07) is 12.2. The summed E-state index contributed by atoms with van der Waals surface area (Å²) in [6.07, 6.45) is 1.63. The molecule has 0 aromatic heterocycles. The summed E-state index contributed by atoms with van der Waals surface area (Å²) in [6.45, 7) is 4.79. The molecule has 126 valence electrons. The smallest absolute Gasteiger partial charge is 0.337 e. The van der Waals surface area contributed by atoms with E-state index in [1.807, 2.05) is 24.3 Å². The minimum Gasteiger partial charge on any atom is -0.493 e. The molecule has 0 fully saturated rings. The van der Waals surface area contributed by atoms with E-state index >= 15 is 0 Å². The molecule has 2 N–H and O–H groups in total. The highest BCUT2D eigenvalue weighted by Crippen LogP contribution is 2.21. The van der Waals surface area contributed by atoms with Gasteiger partial charge in [-0.3, -0.25) is 5.43 Å². The van der Waals surface area contributed by atoms with Gasteiger partial charge < -0.3 is 9.84 Å².